The molecule has 1 unspecified atom stereocenters. The van der Waals surface area contributed by atoms with E-state index in [0.717, 1.165) is 34.9 Å². The number of hydrogen-bond acceptors (Lipinski definition) is 3. The fraction of sp³-hybridized carbons (Fsp3) is 0.204. The number of aryl methyl sites for hydroxylation is 2. The Morgan fingerprint density at radius 3 is 2.11 bits per heavy atom. The Morgan fingerprint density at radius 2 is 1.28 bits per heavy atom. The van der Waals surface area contributed by atoms with Gasteiger partial charge in [0.1, 0.15) is 5.82 Å². The maximum Gasteiger partial charge on any atom is 0.163 e. The molecule has 0 amide bonds. The second-order valence-corrected chi connectivity index (χ2v) is 14.6. The van der Waals surface area contributed by atoms with Crippen LogP contribution in [0.15, 0.2) is 140 Å². The van der Waals surface area contributed by atoms with Crippen molar-refractivity contribution in [1.82, 2.24) is 19.5 Å². The van der Waals surface area contributed by atoms with E-state index >= 15 is 0 Å². The van der Waals surface area contributed by atoms with Crippen molar-refractivity contribution in [2.24, 2.45) is 0 Å². The highest BCUT2D eigenvalue weighted by atomic mass is 15.0. The van der Waals surface area contributed by atoms with Gasteiger partial charge in [-0.25, -0.2) is 15.0 Å². The molecule has 0 fully saturated rings. The molecular formula is C49H44N4. The molecule has 53 heavy (non-hydrogen) atoms. The van der Waals surface area contributed by atoms with Gasteiger partial charge in [0, 0.05) is 33.2 Å². The Balaban J connectivity index is 1.22. The van der Waals surface area contributed by atoms with Gasteiger partial charge in [-0.15, -0.1) is 0 Å². The SMILES string of the molecule is CCCCCCCCc1cccc(-c2nc(-c3cccc(C)c3)nc(C3c4ccccc4-c4c3ccc3c5ccccc5n(-c5ccccc5)c43)n2)c1. The van der Waals surface area contributed by atoms with Gasteiger partial charge in [0.25, 0.3) is 0 Å². The highest BCUT2D eigenvalue weighted by Gasteiger charge is 2.35. The number of aromatic nitrogens is 4. The predicted octanol–water partition coefficient (Wildman–Crippen LogP) is 12.7. The van der Waals surface area contributed by atoms with Gasteiger partial charge in [-0.05, 0) is 72.4 Å². The minimum atomic E-state index is -0.149. The first kappa shape index (κ1) is 33.0. The third-order valence-corrected chi connectivity index (χ3v) is 10.9. The Kier molecular flexibility index (Phi) is 8.89. The van der Waals surface area contributed by atoms with E-state index in [4.69, 9.17) is 15.0 Å². The van der Waals surface area contributed by atoms with Crippen molar-refractivity contribution in [2.75, 3.05) is 0 Å². The molecule has 4 heteroatoms. The molecule has 1 aliphatic carbocycles. The zero-order valence-corrected chi connectivity index (χ0v) is 30.6. The topological polar surface area (TPSA) is 43.6 Å². The van der Waals surface area contributed by atoms with Crippen molar-refractivity contribution in [3.8, 4) is 39.6 Å². The first-order chi connectivity index (χ1) is 26.2. The normalized spacial score (nSPS) is 13.4. The number of rotatable bonds is 11. The average Bonchev–Trinajstić information content (AvgIpc) is 3.72. The molecule has 260 valence electrons. The van der Waals surface area contributed by atoms with E-state index in [2.05, 4.69) is 158 Å². The van der Waals surface area contributed by atoms with E-state index in [1.165, 1.54) is 93.7 Å². The summed E-state index contributed by atoms with van der Waals surface area (Å²) in [4.78, 5) is 15.9. The van der Waals surface area contributed by atoms with Gasteiger partial charge in [-0.3, -0.25) is 0 Å². The number of hydrogen-bond donors (Lipinski definition) is 0. The Hall–Kier alpha value is -5.87. The number of nitrogens with zero attached hydrogens (tertiary/aromatic N) is 4. The lowest BCUT2D eigenvalue weighted by Crippen LogP contribution is -2.09. The molecule has 0 N–H and O–H groups in total. The van der Waals surface area contributed by atoms with Crippen LogP contribution in [-0.2, 0) is 6.42 Å². The van der Waals surface area contributed by atoms with Crippen molar-refractivity contribution < 1.29 is 0 Å². The number of unbranched alkanes of at least 4 members (excludes halogenated alkanes) is 5. The van der Waals surface area contributed by atoms with Crippen molar-refractivity contribution >= 4 is 21.8 Å². The third kappa shape index (κ3) is 6.12. The number of para-hydroxylation sites is 2. The molecule has 1 atom stereocenters. The van der Waals surface area contributed by atoms with E-state index in [-0.39, 0.29) is 5.92 Å². The molecule has 6 aromatic carbocycles. The summed E-state index contributed by atoms with van der Waals surface area (Å²) >= 11 is 0. The molecule has 9 rings (SSSR count). The lowest BCUT2D eigenvalue weighted by atomic mass is 9.95. The monoisotopic (exact) mass is 688 g/mol. The van der Waals surface area contributed by atoms with Crippen molar-refractivity contribution in [2.45, 2.75) is 64.7 Å². The van der Waals surface area contributed by atoms with Crippen molar-refractivity contribution in [1.29, 1.82) is 0 Å². The summed E-state index contributed by atoms with van der Waals surface area (Å²) in [6.07, 6.45) is 8.80. The fourth-order valence-corrected chi connectivity index (χ4v) is 8.40. The van der Waals surface area contributed by atoms with E-state index in [1.807, 2.05) is 0 Å². The molecule has 2 aromatic heterocycles. The minimum absolute atomic E-state index is 0.149. The van der Waals surface area contributed by atoms with E-state index in [0.29, 0.717) is 5.82 Å². The molecule has 4 nitrogen and oxygen atoms in total. The van der Waals surface area contributed by atoms with Gasteiger partial charge >= 0.3 is 0 Å². The van der Waals surface area contributed by atoms with Crippen LogP contribution in [0.25, 0.3) is 61.4 Å². The molecule has 0 aliphatic heterocycles. The molecule has 0 saturated carbocycles. The maximum absolute atomic E-state index is 5.38. The Morgan fingerprint density at radius 1 is 0.566 bits per heavy atom. The van der Waals surface area contributed by atoms with E-state index in [9.17, 15) is 0 Å². The zero-order valence-electron chi connectivity index (χ0n) is 30.6. The predicted molar refractivity (Wildman–Crippen MR) is 220 cm³/mol. The summed E-state index contributed by atoms with van der Waals surface area (Å²) in [5, 5.41) is 2.50. The van der Waals surface area contributed by atoms with Gasteiger partial charge in [-0.2, -0.15) is 0 Å². The lowest BCUT2D eigenvalue weighted by Gasteiger charge is -2.16. The van der Waals surface area contributed by atoms with Crippen LogP contribution in [-0.4, -0.2) is 19.5 Å². The van der Waals surface area contributed by atoms with Crippen LogP contribution < -0.4 is 0 Å². The van der Waals surface area contributed by atoms with Gasteiger partial charge < -0.3 is 4.57 Å². The first-order valence-electron chi connectivity index (χ1n) is 19.3. The van der Waals surface area contributed by atoms with Crippen LogP contribution in [0.1, 0.15) is 79.4 Å². The maximum atomic E-state index is 5.38. The summed E-state index contributed by atoms with van der Waals surface area (Å²) in [5.74, 6) is 2.06. The number of benzene rings is 6. The minimum Gasteiger partial charge on any atom is -0.309 e. The van der Waals surface area contributed by atoms with Crippen LogP contribution in [0.2, 0.25) is 0 Å². The molecule has 0 spiro atoms. The first-order valence-corrected chi connectivity index (χ1v) is 19.3. The Bertz CT molecular complexity index is 2580. The summed E-state index contributed by atoms with van der Waals surface area (Å²) in [7, 11) is 0. The quantitative estimate of drug-likeness (QED) is 0.127. The molecule has 0 radical (unpaired) electrons. The van der Waals surface area contributed by atoms with Crippen LogP contribution in [0, 0.1) is 6.92 Å². The largest absolute Gasteiger partial charge is 0.309 e. The van der Waals surface area contributed by atoms with Gasteiger partial charge in [0.2, 0.25) is 0 Å². The molecule has 2 heterocycles. The zero-order chi connectivity index (χ0) is 35.7. The second kappa shape index (κ2) is 14.3. The third-order valence-electron chi connectivity index (χ3n) is 10.9. The molecule has 0 saturated heterocycles. The van der Waals surface area contributed by atoms with Crippen LogP contribution in [0.5, 0.6) is 0 Å². The Labute approximate surface area is 312 Å². The molecule has 1 aliphatic rings. The van der Waals surface area contributed by atoms with Crippen LogP contribution >= 0.6 is 0 Å². The smallest absolute Gasteiger partial charge is 0.163 e. The van der Waals surface area contributed by atoms with E-state index < -0.39 is 0 Å². The van der Waals surface area contributed by atoms with Gasteiger partial charge in [0.15, 0.2) is 11.6 Å². The molecule has 8 aromatic rings. The standard InChI is InChI=1S/C49H44N4/c1-3-4-5-6-7-9-19-34-20-17-22-36(32-34)48-50-47(35-21-16-18-33(2)31-35)51-49(52-48)45-40-27-13-12-26-39(40)44-42(45)30-29-41-38-25-14-15-28-43(38)53(46(41)44)37-23-10-8-11-24-37/h8,10-18,20-32,45H,3-7,9,19H2,1-2H3. The van der Waals surface area contributed by atoms with Crippen LogP contribution in [0.3, 0.4) is 0 Å². The van der Waals surface area contributed by atoms with Crippen LogP contribution in [0.4, 0.5) is 0 Å². The summed E-state index contributed by atoms with van der Waals surface area (Å²) in [5.41, 5.74) is 13.1. The van der Waals surface area contributed by atoms with Gasteiger partial charge in [0.05, 0.1) is 17.0 Å². The highest BCUT2D eigenvalue weighted by Crippen LogP contribution is 2.52. The number of fused-ring (bicyclic) bond motifs is 7. The average molecular weight is 689 g/mol. The highest BCUT2D eigenvalue weighted by molar-refractivity contribution is 6.15. The van der Waals surface area contributed by atoms with Crippen molar-refractivity contribution in [3.63, 3.8) is 0 Å². The second-order valence-electron chi connectivity index (χ2n) is 14.6. The lowest BCUT2D eigenvalue weighted by molar-refractivity contribution is 0.607. The molecule has 0 bridgehead atoms. The van der Waals surface area contributed by atoms with Gasteiger partial charge in [-0.1, -0.05) is 154 Å². The molecular weight excluding hydrogens is 645 g/mol. The fourth-order valence-electron chi connectivity index (χ4n) is 8.40. The summed E-state index contributed by atoms with van der Waals surface area (Å²) < 4.78 is 2.44. The van der Waals surface area contributed by atoms with Crippen molar-refractivity contribution in [3.05, 3.63) is 168 Å². The van der Waals surface area contributed by atoms with E-state index in [1.54, 1.807) is 0 Å². The summed E-state index contributed by atoms with van der Waals surface area (Å²) in [6, 6.07) is 50.3. The summed E-state index contributed by atoms with van der Waals surface area (Å²) in [6.45, 7) is 4.40.